The number of anilines is 2. The number of aryl methyl sites for hydroxylation is 1. The molecule has 0 radical (unpaired) electrons. The second kappa shape index (κ2) is 5.21. The van der Waals surface area contributed by atoms with E-state index in [2.05, 4.69) is 41.5 Å². The maximum atomic E-state index is 6.00. The van der Waals surface area contributed by atoms with E-state index in [0.717, 1.165) is 28.7 Å². The van der Waals surface area contributed by atoms with Crippen LogP contribution < -0.4 is 11.1 Å². The number of nitrogens with two attached hydrogens (primary N) is 1. The van der Waals surface area contributed by atoms with Crippen LogP contribution in [0.4, 0.5) is 11.4 Å². The highest BCUT2D eigenvalue weighted by molar-refractivity contribution is 6.00. The number of rotatable bonds is 3. The predicted octanol–water partition coefficient (Wildman–Crippen LogP) is 3.74. The van der Waals surface area contributed by atoms with E-state index in [9.17, 15) is 0 Å². The van der Waals surface area contributed by atoms with Crippen LogP contribution in [0.5, 0.6) is 0 Å². The summed E-state index contributed by atoms with van der Waals surface area (Å²) >= 11 is 0. The highest BCUT2D eigenvalue weighted by Gasteiger charge is 2.04. The molecule has 3 aromatic rings. The summed E-state index contributed by atoms with van der Waals surface area (Å²) in [7, 11) is 0. The standard InChI is InChI=1S/C17H17N3/c1-12-4-2-3-5-13(12)10-20-17-7-6-16(18)14-8-9-19-11-15(14)17/h2-9,11,20H,10,18H2,1H3. The Labute approximate surface area is 118 Å². The molecule has 0 amide bonds. The number of aromatic nitrogens is 1. The lowest BCUT2D eigenvalue weighted by Gasteiger charge is -2.12. The largest absolute Gasteiger partial charge is 0.398 e. The Morgan fingerprint density at radius 3 is 2.75 bits per heavy atom. The van der Waals surface area contributed by atoms with Gasteiger partial charge in [-0.15, -0.1) is 0 Å². The van der Waals surface area contributed by atoms with Gasteiger partial charge in [0.05, 0.1) is 0 Å². The quantitative estimate of drug-likeness (QED) is 0.708. The number of pyridine rings is 1. The van der Waals surface area contributed by atoms with Gasteiger partial charge >= 0.3 is 0 Å². The minimum atomic E-state index is 0.781. The zero-order valence-corrected chi connectivity index (χ0v) is 11.4. The SMILES string of the molecule is Cc1ccccc1CNc1ccc(N)c2ccncc12. The summed E-state index contributed by atoms with van der Waals surface area (Å²) in [4.78, 5) is 4.19. The van der Waals surface area contributed by atoms with E-state index in [1.807, 2.05) is 24.4 Å². The highest BCUT2D eigenvalue weighted by atomic mass is 14.9. The minimum absolute atomic E-state index is 0.781. The zero-order valence-electron chi connectivity index (χ0n) is 11.4. The number of benzene rings is 2. The third-order valence-corrected chi connectivity index (χ3v) is 3.58. The number of fused-ring (bicyclic) bond motifs is 1. The van der Waals surface area contributed by atoms with E-state index >= 15 is 0 Å². The lowest BCUT2D eigenvalue weighted by Crippen LogP contribution is -2.02. The molecule has 0 aliphatic rings. The van der Waals surface area contributed by atoms with Gasteiger partial charge in [0.15, 0.2) is 0 Å². The van der Waals surface area contributed by atoms with Crippen LogP contribution in [0.1, 0.15) is 11.1 Å². The van der Waals surface area contributed by atoms with E-state index < -0.39 is 0 Å². The van der Waals surface area contributed by atoms with Gasteiger partial charge in [-0.3, -0.25) is 4.98 Å². The van der Waals surface area contributed by atoms with Gasteiger partial charge < -0.3 is 11.1 Å². The monoisotopic (exact) mass is 263 g/mol. The van der Waals surface area contributed by atoms with Crippen LogP contribution in [0.2, 0.25) is 0 Å². The predicted molar refractivity (Wildman–Crippen MR) is 84.7 cm³/mol. The first kappa shape index (κ1) is 12.5. The number of nitrogens with one attached hydrogen (secondary N) is 1. The molecule has 0 aliphatic heterocycles. The first-order chi connectivity index (χ1) is 9.75. The number of hydrogen-bond acceptors (Lipinski definition) is 3. The smallest absolute Gasteiger partial charge is 0.0439 e. The van der Waals surface area contributed by atoms with Crippen LogP contribution >= 0.6 is 0 Å². The zero-order chi connectivity index (χ0) is 13.9. The summed E-state index contributed by atoms with van der Waals surface area (Å²) in [6.45, 7) is 2.92. The molecule has 0 bridgehead atoms. The van der Waals surface area contributed by atoms with Gasteiger partial charge in [0, 0.05) is 41.1 Å². The topological polar surface area (TPSA) is 50.9 Å². The van der Waals surface area contributed by atoms with Crippen molar-refractivity contribution in [2.75, 3.05) is 11.1 Å². The van der Waals surface area contributed by atoms with Crippen molar-refractivity contribution in [1.29, 1.82) is 0 Å². The minimum Gasteiger partial charge on any atom is -0.398 e. The van der Waals surface area contributed by atoms with Crippen LogP contribution in [0.15, 0.2) is 54.9 Å². The molecule has 0 fully saturated rings. The molecule has 1 heterocycles. The first-order valence-corrected chi connectivity index (χ1v) is 6.66. The number of nitrogens with zero attached hydrogens (tertiary/aromatic N) is 1. The van der Waals surface area contributed by atoms with Gasteiger partial charge in [0.25, 0.3) is 0 Å². The Hall–Kier alpha value is -2.55. The van der Waals surface area contributed by atoms with Crippen LogP contribution in [0.25, 0.3) is 10.8 Å². The molecule has 0 atom stereocenters. The van der Waals surface area contributed by atoms with Crippen LogP contribution in [0.3, 0.4) is 0 Å². The Morgan fingerprint density at radius 2 is 1.90 bits per heavy atom. The molecular weight excluding hydrogens is 246 g/mol. The van der Waals surface area contributed by atoms with Crippen molar-refractivity contribution >= 4 is 22.1 Å². The van der Waals surface area contributed by atoms with Crippen LogP contribution in [-0.4, -0.2) is 4.98 Å². The molecule has 20 heavy (non-hydrogen) atoms. The number of hydrogen-bond donors (Lipinski definition) is 2. The molecule has 0 spiro atoms. The molecule has 1 aromatic heterocycles. The number of nitrogen functional groups attached to an aromatic ring is 1. The average Bonchev–Trinajstić information content (AvgIpc) is 2.48. The summed E-state index contributed by atoms with van der Waals surface area (Å²) in [5, 5.41) is 5.57. The molecule has 3 N–H and O–H groups in total. The molecule has 3 nitrogen and oxygen atoms in total. The summed E-state index contributed by atoms with van der Waals surface area (Å²) in [6.07, 6.45) is 3.62. The Morgan fingerprint density at radius 1 is 1.05 bits per heavy atom. The van der Waals surface area contributed by atoms with E-state index in [-0.39, 0.29) is 0 Å². The van der Waals surface area contributed by atoms with Gasteiger partial charge in [0.1, 0.15) is 0 Å². The van der Waals surface area contributed by atoms with Crippen molar-refractivity contribution in [2.24, 2.45) is 0 Å². The normalized spacial score (nSPS) is 10.7. The maximum absolute atomic E-state index is 6.00. The van der Waals surface area contributed by atoms with Crippen molar-refractivity contribution in [2.45, 2.75) is 13.5 Å². The van der Waals surface area contributed by atoms with Crippen molar-refractivity contribution in [1.82, 2.24) is 4.98 Å². The third-order valence-electron chi connectivity index (χ3n) is 3.58. The molecular formula is C17H17N3. The molecule has 100 valence electrons. The van der Waals surface area contributed by atoms with Crippen LogP contribution in [0, 0.1) is 6.92 Å². The average molecular weight is 263 g/mol. The van der Waals surface area contributed by atoms with E-state index in [0.29, 0.717) is 0 Å². The molecule has 0 unspecified atom stereocenters. The fourth-order valence-electron chi connectivity index (χ4n) is 2.37. The summed E-state index contributed by atoms with van der Waals surface area (Å²) in [6, 6.07) is 14.3. The van der Waals surface area contributed by atoms with Gasteiger partial charge in [-0.25, -0.2) is 0 Å². The van der Waals surface area contributed by atoms with Gasteiger partial charge in [-0.1, -0.05) is 24.3 Å². The Kier molecular flexibility index (Phi) is 3.25. The summed E-state index contributed by atoms with van der Waals surface area (Å²) in [5.74, 6) is 0. The first-order valence-electron chi connectivity index (χ1n) is 6.66. The molecule has 0 aliphatic carbocycles. The van der Waals surface area contributed by atoms with Crippen molar-refractivity contribution in [3.63, 3.8) is 0 Å². The Balaban J connectivity index is 1.92. The second-order valence-corrected chi connectivity index (χ2v) is 4.90. The third kappa shape index (κ3) is 2.30. The van der Waals surface area contributed by atoms with E-state index in [1.165, 1.54) is 11.1 Å². The van der Waals surface area contributed by atoms with E-state index in [4.69, 9.17) is 5.73 Å². The second-order valence-electron chi connectivity index (χ2n) is 4.90. The maximum Gasteiger partial charge on any atom is 0.0439 e. The van der Waals surface area contributed by atoms with Gasteiger partial charge in [-0.05, 0) is 36.2 Å². The molecule has 2 aromatic carbocycles. The fourth-order valence-corrected chi connectivity index (χ4v) is 2.37. The van der Waals surface area contributed by atoms with Crippen LogP contribution in [-0.2, 0) is 6.54 Å². The molecule has 3 heteroatoms. The van der Waals surface area contributed by atoms with Crippen molar-refractivity contribution in [3.8, 4) is 0 Å². The van der Waals surface area contributed by atoms with Crippen molar-refractivity contribution in [3.05, 3.63) is 66.0 Å². The lowest BCUT2D eigenvalue weighted by molar-refractivity contribution is 1.12. The molecule has 0 saturated carbocycles. The van der Waals surface area contributed by atoms with Crippen molar-refractivity contribution < 1.29 is 0 Å². The Bertz CT molecular complexity index is 750. The fraction of sp³-hybridized carbons (Fsp3) is 0.118. The highest BCUT2D eigenvalue weighted by Crippen LogP contribution is 2.27. The lowest BCUT2D eigenvalue weighted by atomic mass is 10.1. The van der Waals surface area contributed by atoms with Gasteiger partial charge in [0.2, 0.25) is 0 Å². The summed E-state index contributed by atoms with van der Waals surface area (Å²) in [5.41, 5.74) is 10.4. The molecule has 0 saturated heterocycles. The van der Waals surface area contributed by atoms with Gasteiger partial charge in [-0.2, -0.15) is 0 Å². The summed E-state index contributed by atoms with van der Waals surface area (Å²) < 4.78 is 0. The van der Waals surface area contributed by atoms with E-state index in [1.54, 1.807) is 6.20 Å². The molecule has 3 rings (SSSR count).